The third-order valence-electron chi connectivity index (χ3n) is 11.0. The van der Waals surface area contributed by atoms with Crippen molar-refractivity contribution in [2.75, 3.05) is 39.3 Å². The Morgan fingerprint density at radius 1 is 0.804 bits per heavy atom. The first kappa shape index (κ1) is 36.3. The Bertz CT molecular complexity index is 1550. The van der Waals surface area contributed by atoms with E-state index in [1.807, 2.05) is 18.2 Å². The molecule has 0 spiro atoms. The van der Waals surface area contributed by atoms with Gasteiger partial charge in [-0.05, 0) is 94.4 Å². The molecule has 0 aromatic heterocycles. The van der Waals surface area contributed by atoms with Gasteiger partial charge in [-0.3, -0.25) is 24.0 Å². The Hall–Kier alpha value is -4.45. The van der Waals surface area contributed by atoms with Gasteiger partial charge in [0.15, 0.2) is 0 Å². The van der Waals surface area contributed by atoms with Gasteiger partial charge < -0.3 is 35.8 Å². The van der Waals surface area contributed by atoms with Crippen LogP contribution in [0.3, 0.4) is 0 Å². The summed E-state index contributed by atoms with van der Waals surface area (Å²) in [6, 6.07) is 14.6. The predicted molar refractivity (Wildman–Crippen MR) is 192 cm³/mol. The normalized spacial score (nSPS) is 25.5. The number of ether oxygens (including phenoxy) is 1. The lowest BCUT2D eigenvalue weighted by Gasteiger charge is -2.35. The van der Waals surface area contributed by atoms with Crippen LogP contribution in [0.4, 0.5) is 0 Å². The highest BCUT2D eigenvalue weighted by molar-refractivity contribution is 6.00. The van der Waals surface area contributed by atoms with Crippen molar-refractivity contribution in [2.45, 2.75) is 101 Å². The molecule has 4 aliphatic heterocycles. The zero-order chi connectivity index (χ0) is 35.7. The second-order valence-corrected chi connectivity index (χ2v) is 14.3. The van der Waals surface area contributed by atoms with Crippen LogP contribution in [0.15, 0.2) is 54.6 Å². The summed E-state index contributed by atoms with van der Waals surface area (Å²) in [5, 5.41) is 5.97. The molecule has 0 bridgehead atoms. The van der Waals surface area contributed by atoms with Crippen molar-refractivity contribution in [2.24, 2.45) is 5.73 Å². The van der Waals surface area contributed by atoms with E-state index in [1.165, 1.54) is 5.56 Å². The molecule has 12 heteroatoms. The number of para-hydroxylation sites is 1. The van der Waals surface area contributed by atoms with E-state index in [2.05, 4.69) is 22.8 Å². The van der Waals surface area contributed by atoms with Gasteiger partial charge in [-0.1, -0.05) is 42.5 Å². The fourth-order valence-corrected chi connectivity index (χ4v) is 8.10. The number of unbranched alkanes of at least 4 members (excludes halogenated alkanes) is 1. The molecule has 6 rings (SSSR count). The van der Waals surface area contributed by atoms with Crippen molar-refractivity contribution >= 4 is 29.5 Å². The lowest BCUT2D eigenvalue weighted by atomic mass is 9.89. The van der Waals surface area contributed by atoms with Crippen LogP contribution in [0, 0.1) is 0 Å². The molecule has 4 N–H and O–H groups in total. The SMILES string of the molecule is NCCCC[C@@H]1NC(=O)[C@H]2CCCN2C(=O)CC[C@@H](C(=O)N2CCC(c3ccccc3)CC2)NC(=O)c2ccccc2OC[C@H]2CCCN2C1=O. The summed E-state index contributed by atoms with van der Waals surface area (Å²) in [7, 11) is 0. The first-order valence-corrected chi connectivity index (χ1v) is 18.8. The quantitative estimate of drug-likeness (QED) is 0.392. The Kier molecular flexibility index (Phi) is 12.2. The van der Waals surface area contributed by atoms with Crippen LogP contribution in [-0.2, 0) is 19.2 Å². The average molecular weight is 701 g/mol. The third-order valence-corrected chi connectivity index (χ3v) is 11.0. The number of carbonyl (C=O) groups is 5. The highest BCUT2D eigenvalue weighted by Gasteiger charge is 2.39. The van der Waals surface area contributed by atoms with E-state index in [4.69, 9.17) is 10.5 Å². The molecule has 0 radical (unpaired) electrons. The zero-order valence-corrected chi connectivity index (χ0v) is 29.5. The van der Waals surface area contributed by atoms with Gasteiger partial charge in [0.05, 0.1) is 11.6 Å². The number of hydrogen-bond acceptors (Lipinski definition) is 7. The van der Waals surface area contributed by atoms with Gasteiger partial charge in [-0.15, -0.1) is 0 Å². The smallest absolute Gasteiger partial charge is 0.255 e. The van der Waals surface area contributed by atoms with E-state index in [-0.39, 0.29) is 54.7 Å². The third kappa shape index (κ3) is 8.72. The van der Waals surface area contributed by atoms with Gasteiger partial charge in [-0.2, -0.15) is 0 Å². The second-order valence-electron chi connectivity index (χ2n) is 14.3. The van der Waals surface area contributed by atoms with Crippen LogP contribution in [-0.4, -0.2) is 108 Å². The summed E-state index contributed by atoms with van der Waals surface area (Å²) in [5.74, 6) is -0.724. The molecule has 2 aromatic carbocycles. The largest absolute Gasteiger partial charge is 0.491 e. The minimum absolute atomic E-state index is 0.0204. The van der Waals surface area contributed by atoms with Crippen molar-refractivity contribution in [1.29, 1.82) is 0 Å². The minimum Gasteiger partial charge on any atom is -0.491 e. The molecule has 12 nitrogen and oxygen atoms in total. The summed E-state index contributed by atoms with van der Waals surface area (Å²) in [4.78, 5) is 74.7. The van der Waals surface area contributed by atoms with Crippen LogP contribution in [0.2, 0.25) is 0 Å². The predicted octanol–water partition coefficient (Wildman–Crippen LogP) is 2.96. The van der Waals surface area contributed by atoms with E-state index in [1.54, 1.807) is 39.0 Å². The molecular formula is C39H52N6O6. The lowest BCUT2D eigenvalue weighted by Crippen LogP contribution is -2.55. The van der Waals surface area contributed by atoms with Crippen LogP contribution in [0.5, 0.6) is 5.75 Å². The van der Waals surface area contributed by atoms with Gasteiger partial charge in [0.2, 0.25) is 23.6 Å². The molecule has 274 valence electrons. The average Bonchev–Trinajstić information content (AvgIpc) is 3.85. The number of nitrogens with one attached hydrogen (secondary N) is 2. The molecule has 4 atom stereocenters. The maximum atomic E-state index is 14.1. The molecule has 3 saturated heterocycles. The second kappa shape index (κ2) is 17.2. The van der Waals surface area contributed by atoms with E-state index in [0.29, 0.717) is 70.1 Å². The summed E-state index contributed by atoms with van der Waals surface area (Å²) >= 11 is 0. The summed E-state index contributed by atoms with van der Waals surface area (Å²) < 4.78 is 6.25. The van der Waals surface area contributed by atoms with Crippen LogP contribution < -0.4 is 21.1 Å². The number of amides is 5. The van der Waals surface area contributed by atoms with E-state index in [9.17, 15) is 24.0 Å². The fourth-order valence-electron chi connectivity index (χ4n) is 8.10. The molecular weight excluding hydrogens is 648 g/mol. The minimum atomic E-state index is -0.939. The first-order valence-electron chi connectivity index (χ1n) is 18.8. The van der Waals surface area contributed by atoms with Crippen LogP contribution in [0.25, 0.3) is 0 Å². The molecule has 0 aliphatic carbocycles. The highest BCUT2D eigenvalue weighted by atomic mass is 16.5. The molecule has 0 saturated carbocycles. The number of hydrogen-bond donors (Lipinski definition) is 3. The van der Waals surface area contributed by atoms with Crippen molar-refractivity contribution < 1.29 is 28.7 Å². The number of nitrogens with zero attached hydrogens (tertiary/aromatic N) is 3. The van der Waals surface area contributed by atoms with Gasteiger partial charge in [-0.25, -0.2) is 0 Å². The van der Waals surface area contributed by atoms with Crippen LogP contribution >= 0.6 is 0 Å². The van der Waals surface area contributed by atoms with E-state index < -0.39 is 24.0 Å². The maximum Gasteiger partial charge on any atom is 0.255 e. The van der Waals surface area contributed by atoms with Gasteiger partial charge in [0.1, 0.15) is 30.5 Å². The highest BCUT2D eigenvalue weighted by Crippen LogP contribution is 2.29. The van der Waals surface area contributed by atoms with Gasteiger partial charge in [0, 0.05) is 32.6 Å². The fraction of sp³-hybridized carbons (Fsp3) is 0.564. The number of rotatable bonds is 6. The summed E-state index contributed by atoms with van der Waals surface area (Å²) in [6.07, 6.45) is 6.22. The molecule has 5 amide bonds. The number of benzene rings is 2. The topological polar surface area (TPSA) is 154 Å². The van der Waals surface area contributed by atoms with Gasteiger partial charge in [0.25, 0.3) is 5.91 Å². The number of carbonyl (C=O) groups excluding carboxylic acids is 5. The number of likely N-dealkylation sites (tertiary alicyclic amines) is 1. The first-order chi connectivity index (χ1) is 24.8. The maximum absolute atomic E-state index is 14.1. The van der Waals surface area contributed by atoms with Crippen LogP contribution in [0.1, 0.15) is 92.5 Å². The Labute approximate surface area is 300 Å². The number of nitrogens with two attached hydrogens (primary N) is 1. The molecule has 0 unspecified atom stereocenters. The van der Waals surface area contributed by atoms with Crippen molar-refractivity contribution in [3.05, 3.63) is 65.7 Å². The molecule has 4 aliphatic rings. The Balaban J connectivity index is 1.25. The van der Waals surface area contributed by atoms with E-state index in [0.717, 1.165) is 32.1 Å². The monoisotopic (exact) mass is 700 g/mol. The van der Waals surface area contributed by atoms with Gasteiger partial charge >= 0.3 is 0 Å². The zero-order valence-electron chi connectivity index (χ0n) is 29.5. The molecule has 2 aromatic rings. The summed E-state index contributed by atoms with van der Waals surface area (Å²) in [6.45, 7) is 2.73. The standard InChI is InChI=1S/C39H52N6O6/c40-21-7-6-14-31-39(50)44-22-8-12-29(44)26-51-34-16-5-4-13-30(34)36(47)41-32(17-18-35(46)45-23-9-15-33(45)37(48)42-31)38(49)43-24-19-28(20-25-43)27-10-2-1-3-11-27/h1-5,10-11,13,16,28-29,31-33H,6-9,12,14-15,17-26,40H2,(H,41,47)(H,42,48)/t29-,31+,32+,33-/m1/s1. The Morgan fingerprint density at radius 2 is 1.53 bits per heavy atom. The number of piperidine rings is 1. The molecule has 4 heterocycles. The van der Waals surface area contributed by atoms with Crippen molar-refractivity contribution in [3.8, 4) is 5.75 Å². The number of fused-ring (bicyclic) bond motifs is 3. The molecule has 3 fully saturated rings. The summed E-state index contributed by atoms with van der Waals surface area (Å²) in [5.41, 5.74) is 7.29. The Morgan fingerprint density at radius 3 is 2.31 bits per heavy atom. The molecule has 51 heavy (non-hydrogen) atoms. The van der Waals surface area contributed by atoms with Crippen molar-refractivity contribution in [1.82, 2.24) is 25.3 Å². The van der Waals surface area contributed by atoms with Crippen molar-refractivity contribution in [3.63, 3.8) is 0 Å². The lowest BCUT2D eigenvalue weighted by molar-refractivity contribution is -0.142. The van der Waals surface area contributed by atoms with E-state index >= 15 is 0 Å².